The monoisotopic (exact) mass is 822 g/mol. The number of benzene rings is 10. The Balaban J connectivity index is 1.05. The van der Waals surface area contributed by atoms with Crippen molar-refractivity contribution in [3.63, 3.8) is 0 Å². The van der Waals surface area contributed by atoms with E-state index in [4.69, 9.17) is 0 Å². The normalized spacial score (nSPS) is 11.6. The molecule has 0 amide bonds. The molecule has 0 bridgehead atoms. The summed E-state index contributed by atoms with van der Waals surface area (Å²) in [5.74, 6) is 0. The summed E-state index contributed by atoms with van der Waals surface area (Å²) in [6, 6.07) is 82.5. The van der Waals surface area contributed by atoms with Crippen molar-refractivity contribution in [1.29, 1.82) is 0 Å². The van der Waals surface area contributed by atoms with Gasteiger partial charge in [0.05, 0.1) is 11.0 Å². The third kappa shape index (κ3) is 6.31. The lowest BCUT2D eigenvalue weighted by molar-refractivity contribution is 1.13. The van der Waals surface area contributed by atoms with E-state index in [9.17, 15) is 0 Å². The summed E-state index contributed by atoms with van der Waals surface area (Å²) < 4.78 is 5.11. The molecule has 3 heteroatoms. The number of aromatic nitrogens is 1. The van der Waals surface area contributed by atoms with Gasteiger partial charge in [-0.2, -0.15) is 0 Å². The number of hydrogen-bond donors (Lipinski definition) is 0. The molecule has 0 aliphatic rings. The van der Waals surface area contributed by atoms with Gasteiger partial charge in [-0.3, -0.25) is 0 Å². The standard InChI is InChI=1S/C60H42N2S/c1-2-50-53(39-55-51-21-11-13-23-56(51)62(60(55)59(50)44-18-7-4-8-19-44)48-34-27-41-17-9-10-20-45(41)37-48)43-28-32-47(33-29-43)61(46-30-25-42(26-31-46)40-15-5-3-6-16-40)49-35-36-58-54(38-49)52-22-12-14-24-57(52)63-58/h3-39H,2H2,1H3. The number of para-hydroxylation sites is 1. The fourth-order valence-electron chi connectivity index (χ4n) is 9.82. The van der Waals surface area contributed by atoms with Gasteiger partial charge in [-0.1, -0.05) is 159 Å². The van der Waals surface area contributed by atoms with Gasteiger partial charge in [0.2, 0.25) is 0 Å². The number of hydrogen-bond acceptors (Lipinski definition) is 2. The van der Waals surface area contributed by atoms with Gasteiger partial charge in [-0.15, -0.1) is 11.3 Å². The Bertz CT molecular complexity index is 3640. The molecule has 0 saturated carbocycles. The Labute approximate surface area is 371 Å². The van der Waals surface area contributed by atoms with Crippen molar-refractivity contribution in [3.05, 3.63) is 230 Å². The van der Waals surface area contributed by atoms with Gasteiger partial charge < -0.3 is 9.47 Å². The molecular formula is C60H42N2S. The minimum atomic E-state index is 0.880. The molecule has 0 aliphatic heterocycles. The van der Waals surface area contributed by atoms with E-state index in [1.54, 1.807) is 0 Å². The van der Waals surface area contributed by atoms with Crippen LogP contribution in [0, 0.1) is 0 Å². The molecule has 2 nitrogen and oxygen atoms in total. The Hall–Kier alpha value is -7.72. The van der Waals surface area contributed by atoms with Crippen molar-refractivity contribution in [2.75, 3.05) is 4.90 Å². The lowest BCUT2D eigenvalue weighted by Crippen LogP contribution is -2.09. The first-order valence-electron chi connectivity index (χ1n) is 21.8. The lowest BCUT2D eigenvalue weighted by Gasteiger charge is -2.26. The van der Waals surface area contributed by atoms with Crippen LogP contribution in [0.5, 0.6) is 0 Å². The summed E-state index contributed by atoms with van der Waals surface area (Å²) in [7, 11) is 0. The third-order valence-electron chi connectivity index (χ3n) is 12.8. The Morgan fingerprint density at radius 2 is 1.00 bits per heavy atom. The van der Waals surface area contributed by atoms with Crippen LogP contribution in [0.25, 0.3) is 91.8 Å². The third-order valence-corrected chi connectivity index (χ3v) is 13.9. The molecule has 63 heavy (non-hydrogen) atoms. The zero-order valence-corrected chi connectivity index (χ0v) is 35.7. The van der Waals surface area contributed by atoms with Crippen LogP contribution < -0.4 is 4.90 Å². The molecule has 2 aromatic heterocycles. The molecule has 0 aliphatic carbocycles. The molecule has 0 radical (unpaired) electrons. The first kappa shape index (κ1) is 37.1. The van der Waals surface area contributed by atoms with Crippen LogP contribution >= 0.6 is 11.3 Å². The van der Waals surface area contributed by atoms with Crippen molar-refractivity contribution in [3.8, 4) is 39.1 Å². The Kier molecular flexibility index (Phi) is 9.02. The van der Waals surface area contributed by atoms with E-state index in [2.05, 4.69) is 241 Å². The van der Waals surface area contributed by atoms with E-state index < -0.39 is 0 Å². The molecular weight excluding hydrogens is 781 g/mol. The van der Waals surface area contributed by atoms with Crippen molar-refractivity contribution in [1.82, 2.24) is 4.57 Å². The summed E-state index contributed by atoms with van der Waals surface area (Å²) in [6.45, 7) is 2.31. The van der Waals surface area contributed by atoms with E-state index in [1.165, 1.54) is 97.4 Å². The average molecular weight is 823 g/mol. The van der Waals surface area contributed by atoms with Crippen LogP contribution in [-0.2, 0) is 6.42 Å². The Morgan fingerprint density at radius 1 is 0.413 bits per heavy atom. The highest BCUT2D eigenvalue weighted by molar-refractivity contribution is 7.25. The summed E-state index contributed by atoms with van der Waals surface area (Å²) in [6.07, 6.45) is 0.880. The van der Waals surface area contributed by atoms with Crippen molar-refractivity contribution < 1.29 is 0 Å². The Morgan fingerprint density at radius 3 is 1.75 bits per heavy atom. The summed E-state index contributed by atoms with van der Waals surface area (Å²) in [5.41, 5.74) is 15.7. The number of fused-ring (bicyclic) bond motifs is 7. The smallest absolute Gasteiger partial charge is 0.0622 e. The van der Waals surface area contributed by atoms with Gasteiger partial charge in [0, 0.05) is 59.3 Å². The fourth-order valence-corrected chi connectivity index (χ4v) is 10.9. The molecule has 0 fully saturated rings. The maximum absolute atomic E-state index is 2.50. The highest BCUT2D eigenvalue weighted by atomic mass is 32.1. The maximum atomic E-state index is 2.50. The van der Waals surface area contributed by atoms with E-state index in [1.807, 2.05) is 11.3 Å². The largest absolute Gasteiger partial charge is 0.310 e. The molecule has 12 aromatic rings. The van der Waals surface area contributed by atoms with Crippen molar-refractivity contribution in [2.45, 2.75) is 13.3 Å². The van der Waals surface area contributed by atoms with E-state index in [-0.39, 0.29) is 0 Å². The topological polar surface area (TPSA) is 8.17 Å². The zero-order chi connectivity index (χ0) is 41.9. The van der Waals surface area contributed by atoms with Crippen LogP contribution in [0.15, 0.2) is 224 Å². The summed E-state index contributed by atoms with van der Waals surface area (Å²) in [4.78, 5) is 2.40. The minimum absolute atomic E-state index is 0.880. The highest BCUT2D eigenvalue weighted by Gasteiger charge is 2.23. The SMILES string of the molecule is CCc1c(-c2ccc(N(c3ccc(-c4ccccc4)cc3)c3ccc4sc5ccccc5c4c3)cc2)cc2c3ccccc3n(-c3ccc4ccccc4c3)c2c1-c1ccccc1. The van der Waals surface area contributed by atoms with E-state index in [0.717, 1.165) is 23.5 Å². The second kappa shape index (κ2) is 15.3. The lowest BCUT2D eigenvalue weighted by atomic mass is 9.87. The second-order valence-electron chi connectivity index (χ2n) is 16.4. The number of nitrogens with zero attached hydrogens (tertiary/aromatic N) is 2. The van der Waals surface area contributed by atoms with Gasteiger partial charge >= 0.3 is 0 Å². The van der Waals surface area contributed by atoms with Crippen LogP contribution in [0.4, 0.5) is 17.1 Å². The molecule has 2 heterocycles. The molecule has 0 spiro atoms. The number of anilines is 3. The van der Waals surface area contributed by atoms with E-state index in [0.29, 0.717) is 0 Å². The fraction of sp³-hybridized carbons (Fsp3) is 0.0333. The predicted octanol–water partition coefficient (Wildman–Crippen LogP) is 17.3. The maximum Gasteiger partial charge on any atom is 0.0622 e. The molecule has 0 unspecified atom stereocenters. The van der Waals surface area contributed by atoms with Gasteiger partial charge in [-0.05, 0) is 123 Å². The van der Waals surface area contributed by atoms with Gasteiger partial charge in [0.25, 0.3) is 0 Å². The molecule has 0 N–H and O–H groups in total. The molecule has 10 aromatic carbocycles. The van der Waals surface area contributed by atoms with E-state index >= 15 is 0 Å². The highest BCUT2D eigenvalue weighted by Crippen LogP contribution is 2.46. The zero-order valence-electron chi connectivity index (χ0n) is 34.9. The van der Waals surface area contributed by atoms with Gasteiger partial charge in [0.15, 0.2) is 0 Å². The van der Waals surface area contributed by atoms with Crippen LogP contribution in [0.1, 0.15) is 12.5 Å². The summed E-state index contributed by atoms with van der Waals surface area (Å²) in [5, 5.41) is 7.57. The number of thiophene rings is 1. The second-order valence-corrected chi connectivity index (χ2v) is 17.4. The van der Waals surface area contributed by atoms with Gasteiger partial charge in [0.1, 0.15) is 0 Å². The quantitative estimate of drug-likeness (QED) is 0.148. The molecule has 0 atom stereocenters. The molecule has 12 rings (SSSR count). The van der Waals surface area contributed by atoms with Gasteiger partial charge in [-0.25, -0.2) is 0 Å². The van der Waals surface area contributed by atoms with Crippen LogP contribution in [-0.4, -0.2) is 4.57 Å². The average Bonchev–Trinajstić information content (AvgIpc) is 3.89. The molecule has 0 saturated heterocycles. The summed E-state index contributed by atoms with van der Waals surface area (Å²) >= 11 is 1.86. The number of rotatable bonds is 8. The van der Waals surface area contributed by atoms with Crippen molar-refractivity contribution >= 4 is 81.1 Å². The first-order chi connectivity index (χ1) is 31.2. The minimum Gasteiger partial charge on any atom is -0.310 e. The van der Waals surface area contributed by atoms with Crippen LogP contribution in [0.3, 0.4) is 0 Å². The van der Waals surface area contributed by atoms with Crippen molar-refractivity contribution in [2.24, 2.45) is 0 Å². The predicted molar refractivity (Wildman–Crippen MR) is 272 cm³/mol. The molecule has 298 valence electrons. The van der Waals surface area contributed by atoms with Crippen LogP contribution in [0.2, 0.25) is 0 Å². The first-order valence-corrected chi connectivity index (χ1v) is 22.6.